The van der Waals surface area contributed by atoms with Crippen molar-refractivity contribution >= 4 is 17.8 Å². The van der Waals surface area contributed by atoms with Gasteiger partial charge in [-0.3, -0.25) is 19.4 Å². The van der Waals surface area contributed by atoms with E-state index in [1.165, 1.54) is 18.4 Å². The third kappa shape index (κ3) is 5.57. The quantitative estimate of drug-likeness (QED) is 0.619. The molecule has 1 saturated carbocycles. The van der Waals surface area contributed by atoms with Crippen molar-refractivity contribution in [2.45, 2.75) is 77.4 Å². The van der Waals surface area contributed by atoms with Gasteiger partial charge in [0.1, 0.15) is 12.1 Å². The van der Waals surface area contributed by atoms with Crippen LogP contribution >= 0.6 is 0 Å². The zero-order chi connectivity index (χ0) is 23.4. The summed E-state index contributed by atoms with van der Waals surface area (Å²) in [6.45, 7) is 7.91. The molecule has 0 aromatic heterocycles. The minimum Gasteiger partial charge on any atom is -0.350 e. The molecule has 7 heteroatoms. The summed E-state index contributed by atoms with van der Waals surface area (Å²) in [7, 11) is 0. The highest BCUT2D eigenvalue weighted by molar-refractivity contribution is 6.09. The predicted octanol–water partition coefficient (Wildman–Crippen LogP) is 3.43. The van der Waals surface area contributed by atoms with E-state index in [0.29, 0.717) is 25.3 Å². The molecule has 1 aromatic carbocycles. The fraction of sp³-hybridized carbons (Fsp3) is 0.654. The van der Waals surface area contributed by atoms with Crippen LogP contribution in [0.25, 0.3) is 0 Å². The maximum absolute atomic E-state index is 13.0. The Kier molecular flexibility index (Phi) is 7.37. The van der Waals surface area contributed by atoms with Gasteiger partial charge < -0.3 is 10.6 Å². The molecule has 3 aliphatic rings. The molecular formula is C26H38N4O3. The number of nitrogens with zero attached hydrogens (tertiary/aromatic N) is 2. The van der Waals surface area contributed by atoms with Gasteiger partial charge >= 0.3 is 6.03 Å². The minimum atomic E-state index is -0.801. The fourth-order valence-corrected chi connectivity index (χ4v) is 5.59. The number of nitrogens with one attached hydrogen (secondary N) is 2. The van der Waals surface area contributed by atoms with Gasteiger partial charge in [0, 0.05) is 19.6 Å². The molecule has 180 valence electrons. The zero-order valence-corrected chi connectivity index (χ0v) is 20.1. The minimum absolute atomic E-state index is 0.227. The van der Waals surface area contributed by atoms with Crippen LogP contribution in [0.2, 0.25) is 0 Å². The highest BCUT2D eigenvalue weighted by atomic mass is 16.2. The van der Waals surface area contributed by atoms with Crippen molar-refractivity contribution in [3.63, 3.8) is 0 Å². The van der Waals surface area contributed by atoms with E-state index in [1.54, 1.807) is 0 Å². The molecule has 2 N–H and O–H groups in total. The van der Waals surface area contributed by atoms with Crippen LogP contribution in [0.15, 0.2) is 24.3 Å². The number of carbonyl (C=O) groups is 3. The van der Waals surface area contributed by atoms with Gasteiger partial charge in [-0.25, -0.2) is 4.79 Å². The number of imide groups is 1. The van der Waals surface area contributed by atoms with Crippen LogP contribution in [-0.4, -0.2) is 52.8 Å². The Morgan fingerprint density at radius 1 is 1.12 bits per heavy atom. The van der Waals surface area contributed by atoms with Gasteiger partial charge in [0.25, 0.3) is 5.91 Å². The number of amides is 4. The smallest absolute Gasteiger partial charge is 0.325 e. The maximum atomic E-state index is 13.0. The second kappa shape index (κ2) is 10.2. The van der Waals surface area contributed by atoms with Crippen molar-refractivity contribution in [3.05, 3.63) is 35.4 Å². The molecule has 2 saturated heterocycles. The van der Waals surface area contributed by atoms with Crippen LogP contribution in [-0.2, 0) is 22.7 Å². The first-order chi connectivity index (χ1) is 15.9. The second-order valence-corrected chi connectivity index (χ2v) is 10.3. The molecule has 1 aromatic rings. The molecular weight excluding hydrogens is 416 g/mol. The third-order valence-corrected chi connectivity index (χ3v) is 7.74. The maximum Gasteiger partial charge on any atom is 0.325 e. The van der Waals surface area contributed by atoms with E-state index in [9.17, 15) is 14.4 Å². The lowest BCUT2D eigenvalue weighted by Crippen LogP contribution is -2.50. The Balaban J connectivity index is 1.24. The Morgan fingerprint density at radius 3 is 2.48 bits per heavy atom. The van der Waals surface area contributed by atoms with Crippen molar-refractivity contribution in [1.82, 2.24) is 20.4 Å². The lowest BCUT2D eigenvalue weighted by Gasteiger charge is -2.34. The van der Waals surface area contributed by atoms with E-state index in [0.717, 1.165) is 55.3 Å². The van der Waals surface area contributed by atoms with Crippen LogP contribution in [0.4, 0.5) is 4.79 Å². The van der Waals surface area contributed by atoms with Crippen molar-refractivity contribution in [1.29, 1.82) is 0 Å². The molecule has 33 heavy (non-hydrogen) atoms. The largest absolute Gasteiger partial charge is 0.350 e. The number of urea groups is 1. The number of carbonyl (C=O) groups excluding carboxylic acids is 3. The van der Waals surface area contributed by atoms with Gasteiger partial charge in [0.15, 0.2) is 0 Å². The Bertz CT molecular complexity index is 861. The average molecular weight is 455 g/mol. The SMILES string of the molecule is CCC1CCC2(CC1)NC(=O)N(CC(=O)NCc1ccc(CN3CCCC(C)C3)cc1)C2=O. The van der Waals surface area contributed by atoms with Crippen LogP contribution < -0.4 is 10.6 Å². The lowest BCUT2D eigenvalue weighted by atomic mass is 9.75. The summed E-state index contributed by atoms with van der Waals surface area (Å²) < 4.78 is 0. The van der Waals surface area contributed by atoms with E-state index in [-0.39, 0.29) is 18.4 Å². The fourth-order valence-electron chi connectivity index (χ4n) is 5.59. The summed E-state index contributed by atoms with van der Waals surface area (Å²) in [5.74, 6) is 0.823. The highest BCUT2D eigenvalue weighted by Gasteiger charge is 2.52. The summed E-state index contributed by atoms with van der Waals surface area (Å²) in [4.78, 5) is 41.5. The van der Waals surface area contributed by atoms with Crippen LogP contribution in [0.5, 0.6) is 0 Å². The summed E-state index contributed by atoms with van der Waals surface area (Å²) in [6, 6.07) is 7.88. The Morgan fingerprint density at radius 2 is 1.82 bits per heavy atom. The van der Waals surface area contributed by atoms with E-state index >= 15 is 0 Å². The summed E-state index contributed by atoms with van der Waals surface area (Å²) in [5.41, 5.74) is 1.48. The summed E-state index contributed by atoms with van der Waals surface area (Å²) >= 11 is 0. The van der Waals surface area contributed by atoms with Crippen molar-refractivity contribution < 1.29 is 14.4 Å². The molecule has 1 atom stereocenters. The number of rotatable bonds is 7. The standard InChI is InChI=1S/C26H38N4O3/c1-3-20-10-12-26(13-11-20)24(32)30(25(33)28-26)18-23(31)27-15-21-6-8-22(9-7-21)17-29-14-4-5-19(2)16-29/h6-9,19-20H,3-5,10-18H2,1-2H3,(H,27,31)(H,28,33). The molecule has 1 unspecified atom stereocenters. The molecule has 3 fully saturated rings. The van der Waals surface area contributed by atoms with Gasteiger partial charge in [-0.05, 0) is 68.0 Å². The number of hydrogen-bond donors (Lipinski definition) is 2. The van der Waals surface area contributed by atoms with Gasteiger partial charge in [-0.2, -0.15) is 0 Å². The van der Waals surface area contributed by atoms with E-state index in [4.69, 9.17) is 0 Å². The number of likely N-dealkylation sites (tertiary alicyclic amines) is 1. The predicted molar refractivity (Wildman–Crippen MR) is 127 cm³/mol. The highest BCUT2D eigenvalue weighted by Crippen LogP contribution is 2.37. The van der Waals surface area contributed by atoms with Gasteiger partial charge in [-0.15, -0.1) is 0 Å². The second-order valence-electron chi connectivity index (χ2n) is 10.3. The molecule has 7 nitrogen and oxygen atoms in total. The van der Waals surface area contributed by atoms with Crippen LogP contribution in [0, 0.1) is 11.8 Å². The van der Waals surface area contributed by atoms with Gasteiger partial charge in [0.2, 0.25) is 5.91 Å². The van der Waals surface area contributed by atoms with Crippen molar-refractivity contribution in [2.24, 2.45) is 11.8 Å². The molecule has 4 amide bonds. The van der Waals surface area contributed by atoms with E-state index in [2.05, 4.69) is 41.5 Å². The first kappa shape index (κ1) is 23.7. The normalized spacial score (nSPS) is 28.2. The van der Waals surface area contributed by atoms with E-state index < -0.39 is 11.6 Å². The molecule has 2 heterocycles. The average Bonchev–Trinajstić information content (AvgIpc) is 3.03. The molecule has 2 aliphatic heterocycles. The molecule has 1 aliphatic carbocycles. The van der Waals surface area contributed by atoms with E-state index in [1.807, 2.05) is 12.1 Å². The number of hydrogen-bond acceptors (Lipinski definition) is 4. The zero-order valence-electron chi connectivity index (χ0n) is 20.1. The Hall–Kier alpha value is -2.41. The van der Waals surface area contributed by atoms with Crippen molar-refractivity contribution in [3.8, 4) is 0 Å². The Labute approximate surface area is 197 Å². The lowest BCUT2D eigenvalue weighted by molar-refractivity contribution is -0.136. The monoisotopic (exact) mass is 454 g/mol. The first-order valence-electron chi connectivity index (χ1n) is 12.6. The third-order valence-electron chi connectivity index (χ3n) is 7.74. The molecule has 0 radical (unpaired) electrons. The molecule has 0 bridgehead atoms. The first-order valence-corrected chi connectivity index (χ1v) is 12.6. The topological polar surface area (TPSA) is 81.8 Å². The van der Waals surface area contributed by atoms with Gasteiger partial charge in [-0.1, -0.05) is 44.5 Å². The summed E-state index contributed by atoms with van der Waals surface area (Å²) in [5, 5.41) is 5.75. The van der Waals surface area contributed by atoms with Gasteiger partial charge in [0.05, 0.1) is 0 Å². The number of benzene rings is 1. The molecule has 4 rings (SSSR count). The summed E-state index contributed by atoms with van der Waals surface area (Å²) in [6.07, 6.45) is 6.89. The van der Waals surface area contributed by atoms with Crippen LogP contribution in [0.1, 0.15) is 69.9 Å². The van der Waals surface area contributed by atoms with Crippen LogP contribution in [0.3, 0.4) is 0 Å². The van der Waals surface area contributed by atoms with Crippen molar-refractivity contribution in [2.75, 3.05) is 19.6 Å². The number of piperidine rings is 1. The molecule has 1 spiro atoms.